The number of thiophene rings is 1. The number of ether oxygens (including phenoxy) is 2. The average Bonchev–Trinajstić information content (AvgIpc) is 3.47. The number of carbonyl (C=O) groups is 1. The minimum atomic E-state index is -4.59. The molecule has 0 saturated carbocycles. The van der Waals surface area contributed by atoms with Crippen LogP contribution in [0.4, 0.5) is 24.0 Å². The quantitative estimate of drug-likeness (QED) is 0.416. The molecule has 1 aliphatic carbocycles. The van der Waals surface area contributed by atoms with E-state index in [1.54, 1.807) is 18.2 Å². The van der Waals surface area contributed by atoms with Crippen molar-refractivity contribution in [3.05, 3.63) is 51.5 Å². The highest BCUT2D eigenvalue weighted by Gasteiger charge is 2.47. The van der Waals surface area contributed by atoms with Crippen molar-refractivity contribution in [1.82, 2.24) is 9.78 Å². The lowest BCUT2D eigenvalue weighted by Crippen LogP contribution is -2.36. The Labute approximate surface area is 221 Å². The van der Waals surface area contributed by atoms with Crippen LogP contribution in [0.5, 0.6) is 11.5 Å². The molecule has 1 aromatic carbocycles. The van der Waals surface area contributed by atoms with Crippen LogP contribution in [0.1, 0.15) is 63.8 Å². The third-order valence-corrected chi connectivity index (χ3v) is 8.31. The second kappa shape index (κ2) is 9.87. The van der Waals surface area contributed by atoms with Crippen molar-refractivity contribution in [2.75, 3.05) is 24.9 Å². The van der Waals surface area contributed by atoms with Crippen LogP contribution in [-0.2, 0) is 12.8 Å². The van der Waals surface area contributed by atoms with Gasteiger partial charge in [-0.2, -0.15) is 23.5 Å². The first-order valence-corrected chi connectivity index (χ1v) is 12.9. The predicted octanol–water partition coefficient (Wildman–Crippen LogP) is 5.87. The Morgan fingerprint density at radius 3 is 2.74 bits per heavy atom. The molecule has 0 fully saturated rings. The number of hydrogen-bond acceptors (Lipinski definition) is 7. The Hall–Kier alpha value is -3.72. The van der Waals surface area contributed by atoms with Gasteiger partial charge in [-0.05, 0) is 48.4 Å². The van der Waals surface area contributed by atoms with Crippen LogP contribution in [0.2, 0.25) is 0 Å². The lowest BCUT2D eigenvalue weighted by molar-refractivity contribution is -0.173. The molecule has 5 rings (SSSR count). The lowest BCUT2D eigenvalue weighted by Gasteiger charge is -2.34. The van der Waals surface area contributed by atoms with Gasteiger partial charge < -0.3 is 20.1 Å². The topological polar surface area (TPSA) is 101 Å². The maximum Gasteiger partial charge on any atom is 0.410 e. The highest BCUT2D eigenvalue weighted by Crippen LogP contribution is 2.46. The van der Waals surface area contributed by atoms with E-state index in [1.807, 2.05) is 0 Å². The van der Waals surface area contributed by atoms with Gasteiger partial charge in [0.25, 0.3) is 5.91 Å². The number of hydrogen-bond donors (Lipinski definition) is 2. The monoisotopic (exact) mass is 545 g/mol. The maximum absolute atomic E-state index is 14.1. The SMILES string of the molecule is COc1ccc([C@@H]2C[C@H](C(F)(F)F)n3ncc(C(=O)Nc4sc5c(c4C#N)CC[C@H](C)C5)c3N2)cc1OC. The summed E-state index contributed by atoms with van der Waals surface area (Å²) in [6, 6.07) is 4.38. The Bertz CT molecular complexity index is 1420. The van der Waals surface area contributed by atoms with E-state index in [-0.39, 0.29) is 17.8 Å². The van der Waals surface area contributed by atoms with E-state index in [1.165, 1.54) is 25.6 Å². The van der Waals surface area contributed by atoms with Gasteiger partial charge in [0.05, 0.1) is 32.0 Å². The first kappa shape index (κ1) is 25.9. The number of aromatic nitrogens is 2. The number of nitrogens with zero attached hydrogens (tertiary/aromatic N) is 3. The molecule has 2 aliphatic rings. The molecule has 12 heteroatoms. The zero-order valence-electron chi connectivity index (χ0n) is 21.0. The van der Waals surface area contributed by atoms with E-state index < -0.39 is 24.2 Å². The van der Waals surface area contributed by atoms with Crippen molar-refractivity contribution in [3.63, 3.8) is 0 Å². The summed E-state index contributed by atoms with van der Waals surface area (Å²) in [4.78, 5) is 14.4. The molecule has 0 saturated heterocycles. The van der Waals surface area contributed by atoms with E-state index in [0.29, 0.717) is 33.5 Å². The van der Waals surface area contributed by atoms with E-state index in [2.05, 4.69) is 28.7 Å². The molecule has 1 amide bonds. The minimum absolute atomic E-state index is 0.0342. The van der Waals surface area contributed by atoms with E-state index >= 15 is 0 Å². The average molecular weight is 546 g/mol. The Kier molecular flexibility index (Phi) is 6.73. The Morgan fingerprint density at radius 1 is 1.29 bits per heavy atom. The fourth-order valence-corrected chi connectivity index (χ4v) is 6.50. The zero-order chi connectivity index (χ0) is 27.2. The van der Waals surface area contributed by atoms with Gasteiger partial charge in [0.1, 0.15) is 22.5 Å². The summed E-state index contributed by atoms with van der Waals surface area (Å²) in [7, 11) is 2.92. The van der Waals surface area contributed by atoms with Gasteiger partial charge in [0.15, 0.2) is 17.5 Å². The third-order valence-electron chi connectivity index (χ3n) is 7.14. The normalized spacial score (nSPS) is 20.5. The molecule has 0 unspecified atom stereocenters. The van der Waals surface area contributed by atoms with Crippen molar-refractivity contribution in [1.29, 1.82) is 5.26 Å². The summed E-state index contributed by atoms with van der Waals surface area (Å²) in [5, 5.41) is 20.0. The lowest BCUT2D eigenvalue weighted by atomic mass is 9.88. The van der Waals surface area contributed by atoms with Gasteiger partial charge >= 0.3 is 6.18 Å². The number of nitriles is 1. The van der Waals surface area contributed by atoms with E-state index in [0.717, 1.165) is 40.6 Å². The summed E-state index contributed by atoms with van der Waals surface area (Å²) in [6.07, 6.45) is -1.24. The first-order valence-electron chi connectivity index (χ1n) is 12.1. The second-order valence-electron chi connectivity index (χ2n) is 9.58. The van der Waals surface area contributed by atoms with Crippen molar-refractivity contribution in [2.24, 2.45) is 5.92 Å². The fraction of sp³-hybridized carbons (Fsp3) is 0.423. The van der Waals surface area contributed by atoms with Crippen LogP contribution < -0.4 is 20.1 Å². The molecule has 200 valence electrons. The molecule has 38 heavy (non-hydrogen) atoms. The number of halogens is 3. The molecule has 0 bridgehead atoms. The number of nitrogens with one attached hydrogen (secondary N) is 2. The number of amides is 1. The summed E-state index contributed by atoms with van der Waals surface area (Å²) in [6.45, 7) is 2.14. The molecule has 0 spiro atoms. The molecule has 0 radical (unpaired) electrons. The van der Waals surface area contributed by atoms with Gasteiger partial charge in [-0.3, -0.25) is 4.79 Å². The minimum Gasteiger partial charge on any atom is -0.493 e. The molecular formula is C26H26F3N5O3S. The number of fused-ring (bicyclic) bond motifs is 2. The van der Waals surface area contributed by atoms with Crippen LogP contribution in [0.3, 0.4) is 0 Å². The molecular weight excluding hydrogens is 519 g/mol. The Balaban J connectivity index is 1.49. The van der Waals surface area contributed by atoms with Gasteiger partial charge in [-0.25, -0.2) is 4.68 Å². The number of alkyl halides is 3. The highest BCUT2D eigenvalue weighted by atomic mass is 32.1. The van der Waals surface area contributed by atoms with Gasteiger partial charge in [0.2, 0.25) is 0 Å². The van der Waals surface area contributed by atoms with Gasteiger partial charge in [-0.15, -0.1) is 11.3 Å². The summed E-state index contributed by atoms with van der Waals surface area (Å²) >= 11 is 1.36. The first-order chi connectivity index (χ1) is 18.1. The van der Waals surface area contributed by atoms with E-state index in [4.69, 9.17) is 9.47 Å². The number of rotatable bonds is 5. The summed E-state index contributed by atoms with van der Waals surface area (Å²) < 4.78 is 53.8. The van der Waals surface area contributed by atoms with Crippen molar-refractivity contribution in [2.45, 2.75) is 50.9 Å². The zero-order valence-corrected chi connectivity index (χ0v) is 21.8. The summed E-state index contributed by atoms with van der Waals surface area (Å²) in [5.74, 6) is 0.648. The highest BCUT2D eigenvalue weighted by molar-refractivity contribution is 7.16. The molecule has 1 aliphatic heterocycles. The number of carbonyl (C=O) groups excluding carboxylic acids is 1. The molecule has 3 heterocycles. The van der Waals surface area contributed by atoms with Gasteiger partial charge in [0, 0.05) is 11.3 Å². The number of anilines is 2. The third kappa shape index (κ3) is 4.55. The van der Waals surface area contributed by atoms with Crippen molar-refractivity contribution >= 4 is 28.1 Å². The predicted molar refractivity (Wildman–Crippen MR) is 136 cm³/mol. The van der Waals surface area contributed by atoms with Crippen LogP contribution >= 0.6 is 11.3 Å². The Morgan fingerprint density at radius 2 is 2.05 bits per heavy atom. The summed E-state index contributed by atoms with van der Waals surface area (Å²) in [5.41, 5.74) is 1.89. The van der Waals surface area contributed by atoms with Crippen LogP contribution in [-0.4, -0.2) is 36.1 Å². The van der Waals surface area contributed by atoms with Crippen LogP contribution in [0.15, 0.2) is 24.4 Å². The van der Waals surface area contributed by atoms with Gasteiger partial charge in [-0.1, -0.05) is 13.0 Å². The van der Waals surface area contributed by atoms with Crippen LogP contribution in [0.25, 0.3) is 0 Å². The standard InChI is InChI=1S/C26H26F3N5O3S/c1-13-4-6-15-16(11-30)25(38-21(15)8-13)33-24(35)17-12-31-34-22(26(27,28)29)10-18(32-23(17)34)14-5-7-19(36-2)20(9-14)37-3/h5,7,9,12-13,18,22,32H,4,6,8,10H2,1-3H3,(H,33,35)/t13-,18-,22+/m0/s1. The second-order valence-corrected chi connectivity index (χ2v) is 10.7. The number of benzene rings is 1. The number of methoxy groups -OCH3 is 2. The van der Waals surface area contributed by atoms with E-state index in [9.17, 15) is 23.2 Å². The molecule has 2 aromatic heterocycles. The smallest absolute Gasteiger partial charge is 0.410 e. The molecule has 3 atom stereocenters. The molecule has 8 nitrogen and oxygen atoms in total. The van der Waals surface area contributed by atoms with Crippen LogP contribution in [0, 0.1) is 17.2 Å². The van der Waals surface area contributed by atoms with Crippen molar-refractivity contribution in [3.8, 4) is 17.6 Å². The van der Waals surface area contributed by atoms with Crippen molar-refractivity contribution < 1.29 is 27.4 Å². The fourth-order valence-electron chi connectivity index (χ4n) is 5.14. The molecule has 3 aromatic rings. The maximum atomic E-state index is 14.1. The largest absolute Gasteiger partial charge is 0.493 e. The molecule has 2 N–H and O–H groups in total.